The van der Waals surface area contributed by atoms with E-state index in [1.54, 1.807) is 20.9 Å². The zero-order chi connectivity index (χ0) is 19.5. The predicted octanol–water partition coefficient (Wildman–Crippen LogP) is 3.95. The number of benzene rings is 2. The van der Waals surface area contributed by atoms with Crippen LogP contribution in [0.15, 0.2) is 47.4 Å². The lowest BCUT2D eigenvalue weighted by molar-refractivity contribution is 0.0785. The standard InChI is InChI=1S/C18H20Cl2N2O3S/c1-12(2)21-26(24,25)17-9-14(15(19)10-16(17)20)18(23)22(3)11-13-7-5-4-6-8-13/h4-10,12,21H,11H2,1-3H3. The van der Waals surface area contributed by atoms with Crippen LogP contribution in [0, 0.1) is 0 Å². The molecule has 2 aromatic rings. The fraction of sp³-hybridized carbons (Fsp3) is 0.278. The first kappa shape index (κ1) is 20.7. The number of sulfonamides is 1. The van der Waals surface area contributed by atoms with E-state index in [0.29, 0.717) is 6.54 Å². The Morgan fingerprint density at radius 1 is 1.12 bits per heavy atom. The van der Waals surface area contributed by atoms with Crippen molar-refractivity contribution in [1.29, 1.82) is 0 Å². The highest BCUT2D eigenvalue weighted by molar-refractivity contribution is 7.89. The van der Waals surface area contributed by atoms with Crippen molar-refractivity contribution in [1.82, 2.24) is 9.62 Å². The van der Waals surface area contributed by atoms with Crippen molar-refractivity contribution in [2.75, 3.05) is 7.05 Å². The van der Waals surface area contributed by atoms with Crippen LogP contribution in [-0.4, -0.2) is 32.3 Å². The molecule has 140 valence electrons. The highest BCUT2D eigenvalue weighted by atomic mass is 35.5. The lowest BCUT2D eigenvalue weighted by Crippen LogP contribution is -2.31. The molecule has 0 unspecified atom stereocenters. The van der Waals surface area contributed by atoms with Crippen molar-refractivity contribution in [3.8, 4) is 0 Å². The Kier molecular flexibility index (Phi) is 6.69. The molecule has 8 heteroatoms. The number of hydrogen-bond acceptors (Lipinski definition) is 3. The van der Waals surface area contributed by atoms with Crippen molar-refractivity contribution in [2.45, 2.75) is 31.3 Å². The summed E-state index contributed by atoms with van der Waals surface area (Å²) in [5.74, 6) is -0.392. The second-order valence-electron chi connectivity index (χ2n) is 6.19. The second kappa shape index (κ2) is 8.39. The average Bonchev–Trinajstić information content (AvgIpc) is 2.53. The normalized spacial score (nSPS) is 11.6. The van der Waals surface area contributed by atoms with Crippen LogP contribution in [0.25, 0.3) is 0 Å². The molecule has 0 aliphatic heterocycles. The summed E-state index contributed by atoms with van der Waals surface area (Å²) in [6.07, 6.45) is 0. The van der Waals surface area contributed by atoms with Crippen molar-refractivity contribution in [3.63, 3.8) is 0 Å². The van der Waals surface area contributed by atoms with Gasteiger partial charge in [-0.2, -0.15) is 0 Å². The largest absolute Gasteiger partial charge is 0.337 e. The van der Waals surface area contributed by atoms with E-state index in [-0.39, 0.29) is 26.5 Å². The maximum atomic E-state index is 12.8. The zero-order valence-corrected chi connectivity index (χ0v) is 17.0. The van der Waals surface area contributed by atoms with Crippen LogP contribution in [0.4, 0.5) is 0 Å². The predicted molar refractivity (Wildman–Crippen MR) is 104 cm³/mol. The minimum absolute atomic E-state index is 0.0367. The minimum atomic E-state index is -3.86. The first-order valence-corrected chi connectivity index (χ1v) is 10.2. The molecule has 0 radical (unpaired) electrons. The van der Waals surface area contributed by atoms with Gasteiger partial charge >= 0.3 is 0 Å². The van der Waals surface area contributed by atoms with Crippen molar-refractivity contribution < 1.29 is 13.2 Å². The Morgan fingerprint density at radius 3 is 2.31 bits per heavy atom. The van der Waals surface area contributed by atoms with Gasteiger partial charge in [0, 0.05) is 19.6 Å². The molecule has 0 fully saturated rings. The second-order valence-corrected chi connectivity index (χ2v) is 8.68. The third-order valence-corrected chi connectivity index (χ3v) is 5.98. The molecule has 0 heterocycles. The number of carbonyl (C=O) groups excluding carboxylic acids is 1. The molecule has 0 aliphatic carbocycles. The summed E-state index contributed by atoms with van der Waals surface area (Å²) >= 11 is 12.2. The molecule has 0 bridgehead atoms. The fourth-order valence-electron chi connectivity index (χ4n) is 2.41. The highest BCUT2D eigenvalue weighted by Gasteiger charge is 2.24. The van der Waals surface area contributed by atoms with Crippen LogP contribution >= 0.6 is 23.2 Å². The number of amides is 1. The van der Waals surface area contributed by atoms with Crippen molar-refractivity contribution in [3.05, 3.63) is 63.6 Å². The summed E-state index contributed by atoms with van der Waals surface area (Å²) in [6.45, 7) is 3.76. The van der Waals surface area contributed by atoms with Gasteiger partial charge in [-0.15, -0.1) is 0 Å². The Hall–Kier alpha value is -1.60. The van der Waals surface area contributed by atoms with E-state index >= 15 is 0 Å². The fourth-order valence-corrected chi connectivity index (χ4v) is 4.51. The molecular weight excluding hydrogens is 395 g/mol. The van der Waals surface area contributed by atoms with Gasteiger partial charge in [-0.05, 0) is 31.5 Å². The van der Waals surface area contributed by atoms with Gasteiger partial charge < -0.3 is 4.90 Å². The van der Waals surface area contributed by atoms with E-state index in [2.05, 4.69) is 4.72 Å². The molecule has 2 aromatic carbocycles. The molecule has 5 nitrogen and oxygen atoms in total. The van der Waals surface area contributed by atoms with Crippen LogP contribution in [0.5, 0.6) is 0 Å². The first-order chi connectivity index (χ1) is 12.1. The van der Waals surface area contributed by atoms with Gasteiger partial charge in [0.25, 0.3) is 5.91 Å². The van der Waals surface area contributed by atoms with Crippen molar-refractivity contribution >= 4 is 39.1 Å². The monoisotopic (exact) mass is 414 g/mol. The summed E-state index contributed by atoms with van der Waals surface area (Å²) in [4.78, 5) is 14.1. The van der Waals surface area contributed by atoms with Gasteiger partial charge in [-0.3, -0.25) is 4.79 Å². The molecule has 0 aromatic heterocycles. The van der Waals surface area contributed by atoms with Crippen LogP contribution < -0.4 is 4.72 Å². The third-order valence-electron chi connectivity index (χ3n) is 3.54. The maximum Gasteiger partial charge on any atom is 0.255 e. The zero-order valence-electron chi connectivity index (χ0n) is 14.7. The molecule has 0 saturated heterocycles. The molecule has 2 rings (SSSR count). The Labute approximate surface area is 164 Å². The van der Waals surface area contributed by atoms with E-state index < -0.39 is 15.9 Å². The molecular formula is C18H20Cl2N2O3S. The van der Waals surface area contributed by atoms with E-state index in [9.17, 15) is 13.2 Å². The summed E-state index contributed by atoms with van der Waals surface area (Å²) in [6, 6.07) is 11.6. The number of hydrogen-bond donors (Lipinski definition) is 1. The highest BCUT2D eigenvalue weighted by Crippen LogP contribution is 2.29. The Morgan fingerprint density at radius 2 is 1.73 bits per heavy atom. The summed E-state index contributed by atoms with van der Waals surface area (Å²) in [7, 11) is -2.23. The van der Waals surface area contributed by atoms with Crippen LogP contribution in [-0.2, 0) is 16.6 Å². The molecule has 0 atom stereocenters. The lowest BCUT2D eigenvalue weighted by atomic mass is 10.1. The number of nitrogens with one attached hydrogen (secondary N) is 1. The SMILES string of the molecule is CC(C)NS(=O)(=O)c1cc(C(=O)N(C)Cc2ccccc2)c(Cl)cc1Cl. The third kappa shape index (κ3) is 4.98. The molecule has 26 heavy (non-hydrogen) atoms. The molecule has 0 saturated carbocycles. The quantitative estimate of drug-likeness (QED) is 0.777. The van der Waals surface area contributed by atoms with Crippen LogP contribution in [0.2, 0.25) is 10.0 Å². The van der Waals surface area contributed by atoms with Crippen LogP contribution in [0.3, 0.4) is 0 Å². The lowest BCUT2D eigenvalue weighted by Gasteiger charge is -2.19. The summed E-state index contributed by atoms with van der Waals surface area (Å²) in [5.41, 5.74) is 1.03. The van der Waals surface area contributed by atoms with Gasteiger partial charge in [-0.1, -0.05) is 53.5 Å². The molecule has 0 aliphatic rings. The van der Waals surface area contributed by atoms with Gasteiger partial charge in [0.05, 0.1) is 15.6 Å². The van der Waals surface area contributed by atoms with E-state index in [1.807, 2.05) is 30.3 Å². The van der Waals surface area contributed by atoms with E-state index in [0.717, 1.165) is 5.56 Å². The minimum Gasteiger partial charge on any atom is -0.337 e. The molecule has 1 amide bonds. The summed E-state index contributed by atoms with van der Waals surface area (Å²) < 4.78 is 27.3. The van der Waals surface area contributed by atoms with Gasteiger partial charge in [0.2, 0.25) is 10.0 Å². The molecule has 0 spiro atoms. The summed E-state index contributed by atoms with van der Waals surface area (Å²) in [5, 5.41) is 0.0637. The molecule has 1 N–H and O–H groups in total. The van der Waals surface area contributed by atoms with E-state index in [4.69, 9.17) is 23.2 Å². The van der Waals surface area contributed by atoms with Gasteiger partial charge in [-0.25, -0.2) is 13.1 Å². The Bertz CT molecular complexity index is 900. The number of nitrogens with zero attached hydrogens (tertiary/aromatic N) is 1. The topological polar surface area (TPSA) is 66.5 Å². The first-order valence-electron chi connectivity index (χ1n) is 7.92. The van der Waals surface area contributed by atoms with Gasteiger partial charge in [0.1, 0.15) is 4.90 Å². The number of carbonyl (C=O) groups is 1. The number of rotatable bonds is 6. The maximum absolute atomic E-state index is 12.8. The van der Waals surface area contributed by atoms with E-state index in [1.165, 1.54) is 17.0 Å². The average molecular weight is 415 g/mol. The van der Waals surface area contributed by atoms with Crippen LogP contribution in [0.1, 0.15) is 29.8 Å². The smallest absolute Gasteiger partial charge is 0.255 e. The van der Waals surface area contributed by atoms with Gasteiger partial charge in [0.15, 0.2) is 0 Å². The number of halogens is 2. The van der Waals surface area contributed by atoms with Crippen molar-refractivity contribution in [2.24, 2.45) is 0 Å². The Balaban J connectivity index is 2.37.